The van der Waals surface area contributed by atoms with Crippen molar-refractivity contribution in [2.45, 2.75) is 13.1 Å². The molecule has 1 aromatic carbocycles. The number of carbonyl (C=O) groups excluding carboxylic acids is 1. The molecule has 2 aromatic rings. The smallest absolute Gasteiger partial charge is 0.283 e. The summed E-state index contributed by atoms with van der Waals surface area (Å²) < 4.78 is 0. The largest absolute Gasteiger partial charge is 0.296 e. The van der Waals surface area contributed by atoms with Crippen molar-refractivity contribution in [3.8, 4) is 0 Å². The molecule has 0 atom stereocenters. The monoisotopic (exact) mass is 270 g/mol. The summed E-state index contributed by atoms with van der Waals surface area (Å²) >= 11 is 0. The van der Waals surface area contributed by atoms with E-state index in [4.69, 9.17) is 5.84 Å². The second-order valence-electron chi connectivity index (χ2n) is 4.65. The molecule has 0 aliphatic carbocycles. The number of nitrogen functional groups attached to an aromatic ring is 1. The summed E-state index contributed by atoms with van der Waals surface area (Å²) in [6.45, 7) is 1.50. The molecule has 0 fully saturated rings. The first-order chi connectivity index (χ1) is 9.69. The molecule has 104 valence electrons. The van der Waals surface area contributed by atoms with Gasteiger partial charge in [-0.3, -0.25) is 15.1 Å². The standard InChI is InChI=1S/C15H18N4O/c1-19(10-12-6-3-2-4-7-12)11-13-8-5-9-14(17-13)15(20)18-16/h2-9H,10-11,16H2,1H3,(H,18,20). The normalized spacial score (nSPS) is 10.6. The van der Waals surface area contributed by atoms with Crippen LogP contribution in [-0.4, -0.2) is 22.8 Å². The van der Waals surface area contributed by atoms with E-state index >= 15 is 0 Å². The van der Waals surface area contributed by atoms with Gasteiger partial charge in [-0.25, -0.2) is 10.8 Å². The Bertz CT molecular complexity index is 571. The van der Waals surface area contributed by atoms with Crippen molar-refractivity contribution in [3.63, 3.8) is 0 Å². The summed E-state index contributed by atoms with van der Waals surface area (Å²) in [5, 5.41) is 0. The molecular weight excluding hydrogens is 252 g/mol. The quantitative estimate of drug-likeness (QED) is 0.488. The van der Waals surface area contributed by atoms with Crippen molar-refractivity contribution in [2.24, 2.45) is 5.84 Å². The molecule has 0 aliphatic heterocycles. The van der Waals surface area contributed by atoms with Crippen molar-refractivity contribution < 1.29 is 4.79 Å². The molecular formula is C15H18N4O. The molecule has 5 nitrogen and oxygen atoms in total. The van der Waals surface area contributed by atoms with Crippen molar-refractivity contribution in [1.29, 1.82) is 0 Å². The molecule has 20 heavy (non-hydrogen) atoms. The fourth-order valence-corrected chi connectivity index (χ4v) is 2.00. The molecule has 1 aromatic heterocycles. The average molecular weight is 270 g/mol. The van der Waals surface area contributed by atoms with E-state index in [0.717, 1.165) is 12.2 Å². The fraction of sp³-hybridized carbons (Fsp3) is 0.200. The Labute approximate surface area is 118 Å². The Balaban J connectivity index is 2.01. The van der Waals surface area contributed by atoms with Gasteiger partial charge in [-0.1, -0.05) is 36.4 Å². The Hall–Kier alpha value is -2.24. The minimum Gasteiger partial charge on any atom is -0.296 e. The lowest BCUT2D eigenvalue weighted by atomic mass is 10.2. The van der Waals surface area contributed by atoms with E-state index < -0.39 is 0 Å². The number of hydrogen-bond donors (Lipinski definition) is 2. The average Bonchev–Trinajstić information content (AvgIpc) is 2.47. The summed E-state index contributed by atoms with van der Waals surface area (Å²) in [5.74, 6) is 4.73. The highest BCUT2D eigenvalue weighted by Crippen LogP contribution is 2.07. The van der Waals surface area contributed by atoms with Gasteiger partial charge in [0.05, 0.1) is 5.69 Å². The van der Waals surface area contributed by atoms with E-state index in [1.165, 1.54) is 5.56 Å². The van der Waals surface area contributed by atoms with Crippen molar-refractivity contribution in [3.05, 3.63) is 65.5 Å². The minimum atomic E-state index is -0.377. The molecule has 0 saturated carbocycles. The summed E-state index contributed by atoms with van der Waals surface area (Å²) in [6, 6.07) is 15.6. The van der Waals surface area contributed by atoms with E-state index in [9.17, 15) is 4.79 Å². The molecule has 0 saturated heterocycles. The van der Waals surface area contributed by atoms with Gasteiger partial charge in [0.15, 0.2) is 0 Å². The predicted molar refractivity (Wildman–Crippen MR) is 77.5 cm³/mol. The van der Waals surface area contributed by atoms with Crippen LogP contribution in [0.5, 0.6) is 0 Å². The maximum Gasteiger partial charge on any atom is 0.283 e. The highest BCUT2D eigenvalue weighted by atomic mass is 16.2. The van der Waals surface area contributed by atoms with Crippen LogP contribution in [0.15, 0.2) is 48.5 Å². The fourth-order valence-electron chi connectivity index (χ4n) is 2.00. The van der Waals surface area contributed by atoms with Gasteiger partial charge in [0.2, 0.25) is 0 Å². The molecule has 2 rings (SSSR count). The van der Waals surface area contributed by atoms with Crippen molar-refractivity contribution in [1.82, 2.24) is 15.3 Å². The van der Waals surface area contributed by atoms with Gasteiger partial charge in [0.25, 0.3) is 5.91 Å². The number of aromatic nitrogens is 1. The van der Waals surface area contributed by atoms with Gasteiger partial charge in [0, 0.05) is 13.1 Å². The Morgan fingerprint density at radius 3 is 2.60 bits per heavy atom. The Morgan fingerprint density at radius 2 is 1.90 bits per heavy atom. The maximum atomic E-state index is 11.4. The van der Waals surface area contributed by atoms with Crippen LogP contribution in [0.25, 0.3) is 0 Å². The highest BCUT2D eigenvalue weighted by Gasteiger charge is 2.07. The van der Waals surface area contributed by atoms with Crippen LogP contribution < -0.4 is 11.3 Å². The third kappa shape index (κ3) is 3.88. The number of nitrogens with zero attached hydrogens (tertiary/aromatic N) is 2. The lowest BCUT2D eigenvalue weighted by Gasteiger charge is -2.16. The molecule has 5 heteroatoms. The van der Waals surface area contributed by atoms with E-state index in [0.29, 0.717) is 12.2 Å². The van der Waals surface area contributed by atoms with Gasteiger partial charge in [0.1, 0.15) is 5.69 Å². The van der Waals surface area contributed by atoms with Crippen LogP contribution in [-0.2, 0) is 13.1 Å². The molecule has 0 radical (unpaired) electrons. The first-order valence-corrected chi connectivity index (χ1v) is 6.38. The molecule has 1 heterocycles. The topological polar surface area (TPSA) is 71.2 Å². The number of amides is 1. The van der Waals surface area contributed by atoms with Gasteiger partial charge in [-0.15, -0.1) is 0 Å². The molecule has 0 unspecified atom stereocenters. The molecule has 0 aliphatic rings. The van der Waals surface area contributed by atoms with E-state index in [-0.39, 0.29) is 5.91 Å². The number of hydrazine groups is 1. The zero-order valence-corrected chi connectivity index (χ0v) is 11.4. The van der Waals surface area contributed by atoms with E-state index in [1.807, 2.05) is 37.4 Å². The number of rotatable bonds is 5. The van der Waals surface area contributed by atoms with Crippen LogP contribution in [0.4, 0.5) is 0 Å². The second kappa shape index (κ2) is 6.79. The van der Waals surface area contributed by atoms with E-state index in [1.54, 1.807) is 6.07 Å². The van der Waals surface area contributed by atoms with Gasteiger partial charge in [-0.05, 0) is 24.7 Å². The predicted octanol–water partition coefficient (Wildman–Crippen LogP) is 1.32. The van der Waals surface area contributed by atoms with E-state index in [2.05, 4.69) is 27.4 Å². The van der Waals surface area contributed by atoms with Gasteiger partial charge in [-0.2, -0.15) is 0 Å². The minimum absolute atomic E-state index is 0.332. The third-order valence-corrected chi connectivity index (χ3v) is 2.90. The number of benzene rings is 1. The Morgan fingerprint density at radius 1 is 1.15 bits per heavy atom. The van der Waals surface area contributed by atoms with Crippen LogP contribution >= 0.6 is 0 Å². The first-order valence-electron chi connectivity index (χ1n) is 6.38. The lowest BCUT2D eigenvalue weighted by molar-refractivity contribution is 0.0948. The maximum absolute atomic E-state index is 11.4. The Kier molecular flexibility index (Phi) is 4.81. The summed E-state index contributed by atoms with van der Waals surface area (Å²) in [4.78, 5) is 17.9. The SMILES string of the molecule is CN(Cc1ccccc1)Cc1cccc(C(=O)NN)n1. The number of pyridine rings is 1. The summed E-state index contributed by atoms with van der Waals surface area (Å²) in [5.41, 5.74) is 4.50. The van der Waals surface area contributed by atoms with Crippen LogP contribution in [0.1, 0.15) is 21.7 Å². The molecule has 0 spiro atoms. The lowest BCUT2D eigenvalue weighted by Crippen LogP contribution is -2.31. The number of carbonyl (C=O) groups is 1. The third-order valence-electron chi connectivity index (χ3n) is 2.90. The zero-order valence-electron chi connectivity index (χ0n) is 11.4. The highest BCUT2D eigenvalue weighted by molar-refractivity contribution is 5.91. The number of hydrogen-bond acceptors (Lipinski definition) is 4. The molecule has 0 bridgehead atoms. The van der Waals surface area contributed by atoms with Crippen molar-refractivity contribution >= 4 is 5.91 Å². The summed E-state index contributed by atoms with van der Waals surface area (Å²) in [7, 11) is 2.02. The molecule has 1 amide bonds. The molecule has 3 N–H and O–H groups in total. The number of nitrogens with one attached hydrogen (secondary N) is 1. The first kappa shape index (κ1) is 14.2. The number of nitrogens with two attached hydrogens (primary N) is 1. The van der Waals surface area contributed by atoms with Gasteiger partial charge < -0.3 is 0 Å². The van der Waals surface area contributed by atoms with Crippen LogP contribution in [0.2, 0.25) is 0 Å². The zero-order chi connectivity index (χ0) is 14.4. The van der Waals surface area contributed by atoms with Gasteiger partial charge >= 0.3 is 0 Å². The van der Waals surface area contributed by atoms with Crippen LogP contribution in [0.3, 0.4) is 0 Å². The summed E-state index contributed by atoms with van der Waals surface area (Å²) in [6.07, 6.45) is 0. The van der Waals surface area contributed by atoms with Crippen molar-refractivity contribution in [2.75, 3.05) is 7.05 Å². The second-order valence-corrected chi connectivity index (χ2v) is 4.65. The van der Waals surface area contributed by atoms with Crippen LogP contribution in [0, 0.1) is 0 Å².